The minimum Gasteiger partial charge on any atom is -0.328 e. The topological polar surface area (TPSA) is 58.4 Å². The molecule has 0 aromatic heterocycles. The molecular formula is C17H25N3O. The number of nitrogens with one attached hydrogen (secondary N) is 1. The summed E-state index contributed by atoms with van der Waals surface area (Å²) in [4.78, 5) is 14.6. The van der Waals surface area contributed by atoms with Crippen molar-refractivity contribution in [2.75, 3.05) is 11.9 Å². The van der Waals surface area contributed by atoms with Crippen LogP contribution in [-0.4, -0.2) is 35.5 Å². The smallest absolute Gasteiger partial charge is 0.238 e. The molecule has 1 aromatic carbocycles. The van der Waals surface area contributed by atoms with E-state index in [0.717, 1.165) is 24.9 Å². The predicted octanol–water partition coefficient (Wildman–Crippen LogP) is 2.14. The summed E-state index contributed by atoms with van der Waals surface area (Å²) in [6.07, 6.45) is 5.48. The lowest BCUT2D eigenvalue weighted by molar-refractivity contribution is -0.118. The van der Waals surface area contributed by atoms with E-state index < -0.39 is 0 Å². The molecule has 1 aromatic rings. The summed E-state index contributed by atoms with van der Waals surface area (Å²) in [6, 6.07) is 9.44. The first-order valence-electron chi connectivity index (χ1n) is 8.06. The number of hydrogen-bond acceptors (Lipinski definition) is 3. The largest absolute Gasteiger partial charge is 0.328 e. The van der Waals surface area contributed by atoms with Gasteiger partial charge in [0.15, 0.2) is 0 Å². The molecule has 3 rings (SSSR count). The Morgan fingerprint density at radius 3 is 2.43 bits per heavy atom. The standard InChI is InChI=1S/C17H25N3O/c1-2-12-3-5-14(6-4-12)19-17(21)11-20-15-7-8-16(20)10-13(18)9-15/h3-6,13,15-16H,2,7-11,18H2,1H3,(H,19,21). The van der Waals surface area contributed by atoms with Crippen LogP contribution in [0.5, 0.6) is 0 Å². The Morgan fingerprint density at radius 2 is 1.86 bits per heavy atom. The fourth-order valence-corrected chi connectivity index (χ4v) is 3.76. The van der Waals surface area contributed by atoms with Crippen molar-refractivity contribution >= 4 is 11.6 Å². The van der Waals surface area contributed by atoms with Crippen LogP contribution in [0.3, 0.4) is 0 Å². The SMILES string of the molecule is CCc1ccc(NC(=O)CN2C3CCC2CC(N)C3)cc1. The van der Waals surface area contributed by atoms with E-state index >= 15 is 0 Å². The Morgan fingerprint density at radius 1 is 1.24 bits per heavy atom. The highest BCUT2D eigenvalue weighted by molar-refractivity contribution is 5.92. The van der Waals surface area contributed by atoms with Gasteiger partial charge >= 0.3 is 0 Å². The molecule has 0 radical (unpaired) electrons. The number of carbonyl (C=O) groups is 1. The van der Waals surface area contributed by atoms with Crippen molar-refractivity contribution in [1.82, 2.24) is 4.90 Å². The van der Waals surface area contributed by atoms with Gasteiger partial charge in [-0.15, -0.1) is 0 Å². The number of fused-ring (bicyclic) bond motifs is 2. The molecular weight excluding hydrogens is 262 g/mol. The maximum atomic E-state index is 12.3. The third kappa shape index (κ3) is 3.27. The second-order valence-electron chi connectivity index (χ2n) is 6.39. The monoisotopic (exact) mass is 287 g/mol. The lowest BCUT2D eigenvalue weighted by atomic mass is 9.98. The number of nitrogens with two attached hydrogens (primary N) is 1. The third-order valence-electron chi connectivity index (χ3n) is 4.89. The summed E-state index contributed by atoms with van der Waals surface area (Å²) in [5.41, 5.74) is 8.25. The number of rotatable bonds is 4. The zero-order chi connectivity index (χ0) is 14.8. The van der Waals surface area contributed by atoms with Crippen molar-refractivity contribution in [3.05, 3.63) is 29.8 Å². The van der Waals surface area contributed by atoms with Gasteiger partial charge in [-0.2, -0.15) is 0 Å². The quantitative estimate of drug-likeness (QED) is 0.892. The van der Waals surface area contributed by atoms with Crippen LogP contribution in [-0.2, 0) is 11.2 Å². The van der Waals surface area contributed by atoms with Crippen LogP contribution in [0.2, 0.25) is 0 Å². The second kappa shape index (κ2) is 6.16. The number of anilines is 1. The van der Waals surface area contributed by atoms with E-state index in [2.05, 4.69) is 29.3 Å². The fraction of sp³-hybridized carbons (Fsp3) is 0.588. The summed E-state index contributed by atoms with van der Waals surface area (Å²) >= 11 is 0. The molecule has 2 fully saturated rings. The maximum Gasteiger partial charge on any atom is 0.238 e. The maximum absolute atomic E-state index is 12.3. The van der Waals surface area contributed by atoms with Crippen LogP contribution in [0.15, 0.2) is 24.3 Å². The molecule has 2 unspecified atom stereocenters. The molecule has 2 saturated heterocycles. The van der Waals surface area contributed by atoms with Crippen LogP contribution in [0.4, 0.5) is 5.69 Å². The lowest BCUT2D eigenvalue weighted by Crippen LogP contribution is -2.49. The van der Waals surface area contributed by atoms with Gasteiger partial charge in [0, 0.05) is 23.8 Å². The van der Waals surface area contributed by atoms with E-state index in [1.54, 1.807) is 0 Å². The zero-order valence-corrected chi connectivity index (χ0v) is 12.7. The van der Waals surface area contributed by atoms with Gasteiger partial charge in [0.1, 0.15) is 0 Å². The van der Waals surface area contributed by atoms with Gasteiger partial charge in [0.05, 0.1) is 6.54 Å². The molecule has 1 amide bonds. The normalized spacial score (nSPS) is 28.6. The first kappa shape index (κ1) is 14.5. The third-order valence-corrected chi connectivity index (χ3v) is 4.89. The molecule has 4 heteroatoms. The average Bonchev–Trinajstić information content (AvgIpc) is 2.71. The van der Waals surface area contributed by atoms with E-state index in [4.69, 9.17) is 5.73 Å². The lowest BCUT2D eigenvalue weighted by Gasteiger charge is -2.37. The predicted molar refractivity (Wildman–Crippen MR) is 85.2 cm³/mol. The number of nitrogens with zero attached hydrogens (tertiary/aromatic N) is 1. The van der Waals surface area contributed by atoms with Crippen LogP contribution in [0, 0.1) is 0 Å². The van der Waals surface area contributed by atoms with E-state index in [0.29, 0.717) is 24.7 Å². The number of carbonyl (C=O) groups excluding carboxylic acids is 1. The van der Waals surface area contributed by atoms with E-state index in [1.165, 1.54) is 18.4 Å². The molecule has 2 heterocycles. The van der Waals surface area contributed by atoms with Gasteiger partial charge in [-0.25, -0.2) is 0 Å². The Kier molecular flexibility index (Phi) is 4.27. The van der Waals surface area contributed by atoms with Gasteiger partial charge in [-0.05, 0) is 49.8 Å². The molecule has 2 aliphatic rings. The first-order valence-corrected chi connectivity index (χ1v) is 8.06. The molecule has 3 N–H and O–H groups in total. The molecule has 2 bridgehead atoms. The summed E-state index contributed by atoms with van der Waals surface area (Å²) in [7, 11) is 0. The highest BCUT2D eigenvalue weighted by Crippen LogP contribution is 2.34. The summed E-state index contributed by atoms with van der Waals surface area (Å²) < 4.78 is 0. The number of hydrogen-bond donors (Lipinski definition) is 2. The van der Waals surface area contributed by atoms with Crippen LogP contribution < -0.4 is 11.1 Å². The molecule has 4 nitrogen and oxygen atoms in total. The summed E-state index contributed by atoms with van der Waals surface area (Å²) in [5.74, 6) is 0.0895. The minimum absolute atomic E-state index is 0.0895. The number of piperidine rings is 1. The second-order valence-corrected chi connectivity index (χ2v) is 6.39. The molecule has 2 atom stereocenters. The van der Waals surface area contributed by atoms with Crippen molar-refractivity contribution in [3.63, 3.8) is 0 Å². The molecule has 21 heavy (non-hydrogen) atoms. The molecule has 0 aliphatic carbocycles. The van der Waals surface area contributed by atoms with Crippen LogP contribution >= 0.6 is 0 Å². The Labute approximate surface area is 126 Å². The first-order chi connectivity index (χ1) is 10.2. The highest BCUT2D eigenvalue weighted by Gasteiger charge is 2.40. The van der Waals surface area contributed by atoms with Crippen molar-refractivity contribution in [2.45, 2.75) is 57.2 Å². The Bertz CT molecular complexity index is 485. The van der Waals surface area contributed by atoms with E-state index in [-0.39, 0.29) is 5.91 Å². The molecule has 0 spiro atoms. The van der Waals surface area contributed by atoms with Gasteiger partial charge in [-0.1, -0.05) is 19.1 Å². The summed E-state index contributed by atoms with van der Waals surface area (Å²) in [6.45, 7) is 2.63. The van der Waals surface area contributed by atoms with Gasteiger partial charge < -0.3 is 11.1 Å². The van der Waals surface area contributed by atoms with Crippen molar-refractivity contribution in [2.24, 2.45) is 5.73 Å². The van der Waals surface area contributed by atoms with Gasteiger partial charge in [0.2, 0.25) is 5.91 Å². The zero-order valence-electron chi connectivity index (χ0n) is 12.7. The van der Waals surface area contributed by atoms with Gasteiger partial charge in [-0.3, -0.25) is 9.69 Å². The van der Waals surface area contributed by atoms with E-state index in [9.17, 15) is 4.79 Å². The van der Waals surface area contributed by atoms with Crippen LogP contribution in [0.1, 0.15) is 38.2 Å². The van der Waals surface area contributed by atoms with Crippen molar-refractivity contribution in [1.29, 1.82) is 0 Å². The Balaban J connectivity index is 1.56. The molecule has 114 valence electrons. The van der Waals surface area contributed by atoms with Gasteiger partial charge in [0.25, 0.3) is 0 Å². The molecule has 2 aliphatic heterocycles. The summed E-state index contributed by atoms with van der Waals surface area (Å²) in [5, 5.41) is 3.01. The van der Waals surface area contributed by atoms with E-state index in [1.807, 2.05) is 12.1 Å². The number of aryl methyl sites for hydroxylation is 1. The van der Waals surface area contributed by atoms with Crippen molar-refractivity contribution in [3.8, 4) is 0 Å². The Hall–Kier alpha value is -1.39. The number of amides is 1. The van der Waals surface area contributed by atoms with Crippen molar-refractivity contribution < 1.29 is 4.79 Å². The van der Waals surface area contributed by atoms with Crippen LogP contribution in [0.25, 0.3) is 0 Å². The minimum atomic E-state index is 0.0895. The molecule has 0 saturated carbocycles. The highest BCUT2D eigenvalue weighted by atomic mass is 16.2. The fourth-order valence-electron chi connectivity index (χ4n) is 3.76. The average molecular weight is 287 g/mol. The number of benzene rings is 1.